The number of phenolic OH excluding ortho intramolecular Hbond substituents is 2. The molecule has 2 nitrogen and oxygen atoms in total. The first-order valence-corrected chi connectivity index (χ1v) is 9.38. The van der Waals surface area contributed by atoms with Gasteiger partial charge >= 0.3 is 0 Å². The summed E-state index contributed by atoms with van der Waals surface area (Å²) in [7, 11) is 0. The Morgan fingerprint density at radius 1 is 0.640 bits per heavy atom. The zero-order chi connectivity index (χ0) is 18.8. The van der Waals surface area contributed by atoms with Crippen LogP contribution in [-0.2, 0) is 5.41 Å². The Hall–Kier alpha value is -1.96. The number of phenols is 2. The first-order chi connectivity index (χ1) is 11.8. The summed E-state index contributed by atoms with van der Waals surface area (Å²) in [4.78, 5) is 0. The van der Waals surface area contributed by atoms with Crippen LogP contribution in [0.25, 0.3) is 0 Å². The first kappa shape index (κ1) is 19.4. The van der Waals surface area contributed by atoms with E-state index in [0.717, 1.165) is 47.9 Å². The quantitative estimate of drug-likeness (QED) is 0.655. The zero-order valence-corrected chi connectivity index (χ0v) is 16.5. The van der Waals surface area contributed by atoms with E-state index < -0.39 is 0 Å². The molecule has 2 heteroatoms. The first-order valence-electron chi connectivity index (χ1n) is 9.38. The molecule has 0 aromatic heterocycles. The van der Waals surface area contributed by atoms with Gasteiger partial charge in [0.05, 0.1) is 0 Å². The predicted molar refractivity (Wildman–Crippen MR) is 106 cm³/mol. The van der Waals surface area contributed by atoms with E-state index in [9.17, 15) is 10.2 Å². The van der Waals surface area contributed by atoms with E-state index in [0.29, 0.717) is 11.5 Å². The van der Waals surface area contributed by atoms with Gasteiger partial charge in [-0.15, -0.1) is 0 Å². The van der Waals surface area contributed by atoms with Gasteiger partial charge in [0.2, 0.25) is 0 Å². The molecule has 2 N–H and O–H groups in total. The van der Waals surface area contributed by atoms with Crippen LogP contribution in [0.1, 0.15) is 72.9 Å². The van der Waals surface area contributed by atoms with Gasteiger partial charge in [0.15, 0.2) is 0 Å². The van der Waals surface area contributed by atoms with E-state index in [1.807, 2.05) is 27.7 Å². The molecule has 0 unspecified atom stereocenters. The van der Waals surface area contributed by atoms with Crippen molar-refractivity contribution in [3.63, 3.8) is 0 Å². The van der Waals surface area contributed by atoms with Crippen molar-refractivity contribution in [2.24, 2.45) is 0 Å². The zero-order valence-electron chi connectivity index (χ0n) is 16.5. The molecule has 2 aromatic carbocycles. The molecule has 0 aliphatic rings. The summed E-state index contributed by atoms with van der Waals surface area (Å²) < 4.78 is 0. The maximum atomic E-state index is 10.2. The van der Waals surface area contributed by atoms with E-state index in [1.165, 1.54) is 11.1 Å². The maximum absolute atomic E-state index is 10.2. The molecule has 0 aliphatic heterocycles. The Bertz CT molecular complexity index is 647. The Morgan fingerprint density at radius 2 is 0.920 bits per heavy atom. The summed E-state index contributed by atoms with van der Waals surface area (Å²) in [5, 5.41) is 20.4. The van der Waals surface area contributed by atoms with E-state index in [-0.39, 0.29) is 5.41 Å². The Morgan fingerprint density at radius 3 is 1.16 bits per heavy atom. The summed E-state index contributed by atoms with van der Waals surface area (Å²) in [6.07, 6.45) is 4.26. The van der Waals surface area contributed by atoms with Crippen molar-refractivity contribution in [3.8, 4) is 11.5 Å². The molecule has 0 aliphatic carbocycles. The molecule has 0 saturated carbocycles. The summed E-state index contributed by atoms with van der Waals surface area (Å²) >= 11 is 0. The van der Waals surface area contributed by atoms with Crippen LogP contribution in [0.15, 0.2) is 24.3 Å². The molecule has 2 rings (SSSR count). The van der Waals surface area contributed by atoms with Crippen LogP contribution in [0.3, 0.4) is 0 Å². The highest BCUT2D eigenvalue weighted by Crippen LogP contribution is 2.44. The highest BCUT2D eigenvalue weighted by molar-refractivity contribution is 5.52. The second kappa shape index (κ2) is 7.51. The van der Waals surface area contributed by atoms with Crippen LogP contribution < -0.4 is 0 Å². The highest BCUT2D eigenvalue weighted by atomic mass is 16.3. The average Bonchev–Trinajstić information content (AvgIpc) is 2.56. The molecular formula is C23H32O2. The standard InChI is InChI=1S/C23H32O2/c1-7-9-23(10-8-2,19-11-15(3)21(24)16(4)12-19)20-13-17(5)22(25)18(6)14-20/h11-14,24-25H,7-10H2,1-6H3. The van der Waals surface area contributed by atoms with Crippen molar-refractivity contribution < 1.29 is 10.2 Å². The Balaban J connectivity index is 2.78. The smallest absolute Gasteiger partial charge is 0.121 e. The number of aromatic hydroxyl groups is 2. The van der Waals surface area contributed by atoms with Crippen LogP contribution in [0.4, 0.5) is 0 Å². The molecule has 0 spiro atoms. The topological polar surface area (TPSA) is 40.5 Å². The summed E-state index contributed by atoms with van der Waals surface area (Å²) in [6, 6.07) is 8.58. The number of aryl methyl sites for hydroxylation is 4. The number of rotatable bonds is 6. The van der Waals surface area contributed by atoms with Gasteiger partial charge in [-0.25, -0.2) is 0 Å². The number of hydrogen-bond donors (Lipinski definition) is 2. The second-order valence-electron chi connectivity index (χ2n) is 7.50. The molecule has 0 bridgehead atoms. The van der Waals surface area contributed by atoms with Crippen molar-refractivity contribution in [1.82, 2.24) is 0 Å². The van der Waals surface area contributed by atoms with Gasteiger partial charge in [0.1, 0.15) is 11.5 Å². The third-order valence-electron chi connectivity index (χ3n) is 5.44. The van der Waals surface area contributed by atoms with Gasteiger partial charge in [-0.05, 0) is 73.9 Å². The lowest BCUT2D eigenvalue weighted by Crippen LogP contribution is -2.28. The second-order valence-corrected chi connectivity index (χ2v) is 7.50. The normalized spacial score (nSPS) is 11.8. The van der Waals surface area contributed by atoms with Crippen molar-refractivity contribution >= 4 is 0 Å². The fourth-order valence-electron chi connectivity index (χ4n) is 4.19. The van der Waals surface area contributed by atoms with Gasteiger partial charge in [-0.1, -0.05) is 51.0 Å². The average molecular weight is 341 g/mol. The van der Waals surface area contributed by atoms with Gasteiger partial charge in [0, 0.05) is 5.41 Å². The van der Waals surface area contributed by atoms with Crippen LogP contribution in [0.2, 0.25) is 0 Å². The molecule has 0 atom stereocenters. The van der Waals surface area contributed by atoms with Gasteiger partial charge in [0.25, 0.3) is 0 Å². The lowest BCUT2D eigenvalue weighted by molar-refractivity contribution is 0.420. The molecule has 0 saturated heterocycles. The number of benzene rings is 2. The van der Waals surface area contributed by atoms with E-state index in [4.69, 9.17) is 0 Å². The Kier molecular flexibility index (Phi) is 5.82. The van der Waals surface area contributed by atoms with E-state index in [2.05, 4.69) is 38.1 Å². The molecule has 0 fully saturated rings. The minimum atomic E-state index is -0.0874. The SMILES string of the molecule is CCCC(CCC)(c1cc(C)c(O)c(C)c1)c1cc(C)c(O)c(C)c1. The van der Waals surface area contributed by atoms with Crippen molar-refractivity contribution in [2.45, 2.75) is 72.6 Å². The van der Waals surface area contributed by atoms with Crippen molar-refractivity contribution in [3.05, 3.63) is 57.6 Å². The fraction of sp³-hybridized carbons (Fsp3) is 0.478. The van der Waals surface area contributed by atoms with E-state index >= 15 is 0 Å². The summed E-state index contributed by atoms with van der Waals surface area (Å²) in [5.41, 5.74) is 6.17. The van der Waals surface area contributed by atoms with Crippen LogP contribution in [-0.4, -0.2) is 10.2 Å². The maximum Gasteiger partial charge on any atom is 0.121 e. The Labute approximate surface area is 152 Å². The molecular weight excluding hydrogens is 308 g/mol. The third kappa shape index (κ3) is 3.53. The minimum absolute atomic E-state index is 0.0874. The van der Waals surface area contributed by atoms with Gasteiger partial charge in [-0.3, -0.25) is 0 Å². The molecule has 2 aromatic rings. The van der Waals surface area contributed by atoms with Gasteiger partial charge in [-0.2, -0.15) is 0 Å². The lowest BCUT2D eigenvalue weighted by atomic mass is 9.67. The molecule has 136 valence electrons. The van der Waals surface area contributed by atoms with Gasteiger partial charge < -0.3 is 10.2 Å². The number of hydrogen-bond acceptors (Lipinski definition) is 2. The molecule has 0 amide bonds. The third-order valence-corrected chi connectivity index (χ3v) is 5.44. The van der Waals surface area contributed by atoms with Crippen molar-refractivity contribution in [2.75, 3.05) is 0 Å². The molecule has 0 radical (unpaired) electrons. The highest BCUT2D eigenvalue weighted by Gasteiger charge is 2.34. The monoisotopic (exact) mass is 340 g/mol. The van der Waals surface area contributed by atoms with Crippen molar-refractivity contribution in [1.29, 1.82) is 0 Å². The van der Waals surface area contributed by atoms with Crippen LogP contribution in [0, 0.1) is 27.7 Å². The van der Waals surface area contributed by atoms with E-state index in [1.54, 1.807) is 0 Å². The summed E-state index contributed by atoms with van der Waals surface area (Å²) in [5.74, 6) is 0.785. The molecule has 25 heavy (non-hydrogen) atoms. The predicted octanol–water partition coefficient (Wildman–Crippen LogP) is 6.22. The van der Waals surface area contributed by atoms with Crippen LogP contribution in [0.5, 0.6) is 11.5 Å². The molecule has 0 heterocycles. The van der Waals surface area contributed by atoms with Crippen LogP contribution >= 0.6 is 0 Å². The lowest BCUT2D eigenvalue weighted by Gasteiger charge is -2.36. The largest absolute Gasteiger partial charge is 0.507 e. The minimum Gasteiger partial charge on any atom is -0.507 e. The summed E-state index contributed by atoms with van der Waals surface area (Å²) in [6.45, 7) is 12.3. The fourth-order valence-corrected chi connectivity index (χ4v) is 4.19.